The molecule has 2 aliphatic heterocycles. The van der Waals surface area contributed by atoms with Crippen molar-refractivity contribution >= 4 is 17.2 Å². The van der Waals surface area contributed by atoms with Crippen LogP contribution in [0.15, 0.2) is 12.1 Å². The smallest absolute Gasteiger partial charge is 0.271 e. The summed E-state index contributed by atoms with van der Waals surface area (Å²) in [4.78, 5) is 18.0. The minimum Gasteiger partial charge on any atom is -0.370 e. The van der Waals surface area contributed by atoms with E-state index < -0.39 is 0 Å². The maximum atomic E-state index is 12.3. The summed E-state index contributed by atoms with van der Waals surface area (Å²) in [6, 6.07) is 5.03. The first-order valence-corrected chi connectivity index (χ1v) is 12.6. The fourth-order valence-electron chi connectivity index (χ4n) is 5.67. The van der Waals surface area contributed by atoms with E-state index in [-0.39, 0.29) is 17.6 Å². The number of hydrogen-bond donors (Lipinski definition) is 2. The summed E-state index contributed by atoms with van der Waals surface area (Å²) in [7, 11) is 0. The van der Waals surface area contributed by atoms with Crippen LogP contribution in [0.5, 0.6) is 0 Å². The fourth-order valence-corrected chi connectivity index (χ4v) is 6.85. The molecule has 0 aromatic carbocycles. The quantitative estimate of drug-likeness (QED) is 0.739. The monoisotopic (exact) mass is 442 g/mol. The Bertz CT molecular complexity index is 947. The highest BCUT2D eigenvalue weighted by atomic mass is 32.1. The van der Waals surface area contributed by atoms with Gasteiger partial charge in [-0.2, -0.15) is 5.10 Å². The topological polar surface area (TPSA) is 70.2 Å². The SMILES string of the molecule is CCc1cc2c(s1)CCO[C@@]21CCN(CC2CC(NC(=O)c3cc(C)[nH]n3)C2)[C@@H](C)C1. The van der Waals surface area contributed by atoms with E-state index in [0.717, 1.165) is 63.9 Å². The maximum Gasteiger partial charge on any atom is 0.271 e. The largest absolute Gasteiger partial charge is 0.370 e. The molecule has 168 valence electrons. The van der Waals surface area contributed by atoms with E-state index in [0.29, 0.717) is 17.7 Å². The lowest BCUT2D eigenvalue weighted by molar-refractivity contribution is -0.114. The molecule has 6 nitrogen and oxygen atoms in total. The van der Waals surface area contributed by atoms with Crippen molar-refractivity contribution < 1.29 is 9.53 Å². The molecule has 2 aromatic heterocycles. The van der Waals surface area contributed by atoms with E-state index in [1.54, 1.807) is 10.9 Å². The number of H-pyrrole nitrogens is 1. The zero-order valence-electron chi connectivity index (χ0n) is 18.9. The lowest BCUT2D eigenvalue weighted by Gasteiger charge is -2.49. The number of aromatic amines is 1. The molecule has 5 rings (SSSR count). The number of fused-ring (bicyclic) bond motifs is 2. The second kappa shape index (κ2) is 8.34. The van der Waals surface area contributed by atoms with Crippen molar-refractivity contribution in [3.63, 3.8) is 0 Å². The van der Waals surface area contributed by atoms with Crippen molar-refractivity contribution in [1.82, 2.24) is 20.4 Å². The molecule has 0 radical (unpaired) electrons. The fraction of sp³-hybridized carbons (Fsp3) is 0.667. The first kappa shape index (κ1) is 21.2. The van der Waals surface area contributed by atoms with Crippen LogP contribution < -0.4 is 5.32 Å². The van der Waals surface area contributed by atoms with E-state index in [1.807, 2.05) is 18.3 Å². The number of hydrogen-bond acceptors (Lipinski definition) is 5. The zero-order valence-corrected chi connectivity index (χ0v) is 19.7. The third-order valence-corrected chi connectivity index (χ3v) is 8.80. The molecule has 0 bridgehead atoms. The van der Waals surface area contributed by atoms with Crippen molar-refractivity contribution in [3.8, 4) is 0 Å². The predicted molar refractivity (Wildman–Crippen MR) is 123 cm³/mol. The number of carbonyl (C=O) groups is 1. The van der Waals surface area contributed by atoms with Crippen molar-refractivity contribution in [2.24, 2.45) is 5.92 Å². The van der Waals surface area contributed by atoms with Gasteiger partial charge >= 0.3 is 0 Å². The zero-order chi connectivity index (χ0) is 21.6. The van der Waals surface area contributed by atoms with Crippen molar-refractivity contribution in [3.05, 3.63) is 38.8 Å². The number of rotatable bonds is 5. The summed E-state index contributed by atoms with van der Waals surface area (Å²) in [6.45, 7) is 9.61. The van der Waals surface area contributed by atoms with E-state index in [2.05, 4.69) is 40.3 Å². The van der Waals surface area contributed by atoms with Crippen molar-refractivity contribution in [2.45, 2.75) is 77.0 Å². The van der Waals surface area contributed by atoms with Crippen molar-refractivity contribution in [1.29, 1.82) is 0 Å². The van der Waals surface area contributed by atoms with Gasteiger partial charge in [-0.1, -0.05) is 6.92 Å². The van der Waals surface area contributed by atoms with Crippen LogP contribution in [0.2, 0.25) is 0 Å². The number of carbonyl (C=O) groups excluding carboxylic acids is 1. The summed E-state index contributed by atoms with van der Waals surface area (Å²) in [5, 5.41) is 10.0. The highest BCUT2D eigenvalue weighted by Gasteiger charge is 2.45. The average Bonchev–Trinajstić information content (AvgIpc) is 3.35. The summed E-state index contributed by atoms with van der Waals surface area (Å²) in [6.07, 6.45) is 6.51. The molecule has 4 heterocycles. The molecule has 1 spiro atoms. The van der Waals surface area contributed by atoms with Gasteiger partial charge in [-0.3, -0.25) is 9.89 Å². The lowest BCUT2D eigenvalue weighted by atomic mass is 9.76. The van der Waals surface area contributed by atoms with Crippen LogP contribution >= 0.6 is 11.3 Å². The second-order valence-corrected chi connectivity index (χ2v) is 11.0. The van der Waals surface area contributed by atoms with Gasteiger partial charge in [0.15, 0.2) is 0 Å². The van der Waals surface area contributed by atoms with Gasteiger partial charge in [0.2, 0.25) is 0 Å². The number of aromatic nitrogens is 2. The molecular formula is C24H34N4O2S. The van der Waals surface area contributed by atoms with Gasteiger partial charge < -0.3 is 15.0 Å². The first-order chi connectivity index (χ1) is 15.0. The number of likely N-dealkylation sites (tertiary alicyclic amines) is 1. The molecule has 2 N–H and O–H groups in total. The van der Waals surface area contributed by atoms with Crippen molar-refractivity contribution in [2.75, 3.05) is 19.7 Å². The molecule has 3 aliphatic rings. The van der Waals surface area contributed by atoms with Crippen LogP contribution in [0.3, 0.4) is 0 Å². The molecule has 2 aromatic rings. The van der Waals surface area contributed by atoms with E-state index in [9.17, 15) is 4.79 Å². The third-order valence-electron chi connectivity index (χ3n) is 7.46. The number of thiophene rings is 1. The Morgan fingerprint density at radius 1 is 1.42 bits per heavy atom. The second-order valence-electron chi connectivity index (χ2n) is 9.74. The molecule has 2 fully saturated rings. The molecule has 2 atom stereocenters. The van der Waals surface area contributed by atoms with Gasteiger partial charge in [0.1, 0.15) is 5.69 Å². The number of aryl methyl sites for hydroxylation is 2. The Morgan fingerprint density at radius 2 is 2.26 bits per heavy atom. The summed E-state index contributed by atoms with van der Waals surface area (Å²) >= 11 is 2.00. The van der Waals surface area contributed by atoms with Gasteiger partial charge in [0, 0.05) is 47.0 Å². The predicted octanol–water partition coefficient (Wildman–Crippen LogP) is 3.80. The first-order valence-electron chi connectivity index (χ1n) is 11.8. The highest BCUT2D eigenvalue weighted by molar-refractivity contribution is 7.12. The molecule has 0 unspecified atom stereocenters. The molecule has 1 saturated carbocycles. The molecule has 1 saturated heterocycles. The minimum absolute atomic E-state index is 0.0615. The van der Waals surface area contributed by atoms with Crippen LogP contribution in [0.4, 0.5) is 0 Å². The van der Waals surface area contributed by atoms with Crippen LogP contribution in [0.25, 0.3) is 0 Å². The molecule has 1 amide bonds. The van der Waals surface area contributed by atoms with Crippen LogP contribution in [0.1, 0.15) is 71.0 Å². The Balaban J connectivity index is 1.14. The number of nitrogens with one attached hydrogen (secondary N) is 2. The number of amides is 1. The van der Waals surface area contributed by atoms with Gasteiger partial charge in [0.25, 0.3) is 5.91 Å². The van der Waals surface area contributed by atoms with E-state index >= 15 is 0 Å². The number of ether oxygens (including phenoxy) is 1. The minimum atomic E-state index is -0.0643. The normalized spacial score (nSPS) is 30.7. The van der Waals surface area contributed by atoms with Gasteiger partial charge in [-0.15, -0.1) is 11.3 Å². The molecule has 31 heavy (non-hydrogen) atoms. The van der Waals surface area contributed by atoms with Gasteiger partial charge in [0.05, 0.1) is 12.2 Å². The maximum absolute atomic E-state index is 12.3. The van der Waals surface area contributed by atoms with E-state index in [4.69, 9.17) is 4.74 Å². The van der Waals surface area contributed by atoms with Crippen LogP contribution in [0, 0.1) is 12.8 Å². The van der Waals surface area contributed by atoms with E-state index in [1.165, 1.54) is 10.4 Å². The number of piperidine rings is 1. The molecule has 7 heteroatoms. The Kier molecular flexibility index (Phi) is 5.69. The average molecular weight is 443 g/mol. The molecular weight excluding hydrogens is 408 g/mol. The Morgan fingerprint density at radius 3 is 2.97 bits per heavy atom. The summed E-state index contributed by atoms with van der Waals surface area (Å²) in [5.74, 6) is 0.604. The Labute approximate surface area is 188 Å². The number of nitrogens with zero attached hydrogens (tertiary/aromatic N) is 2. The van der Waals surface area contributed by atoms with Crippen LogP contribution in [-0.2, 0) is 23.2 Å². The molecule has 1 aliphatic carbocycles. The summed E-state index contributed by atoms with van der Waals surface area (Å²) < 4.78 is 6.48. The van der Waals surface area contributed by atoms with Gasteiger partial charge in [-0.25, -0.2) is 0 Å². The summed E-state index contributed by atoms with van der Waals surface area (Å²) in [5.41, 5.74) is 2.83. The standard InChI is InChI=1S/C24H34N4O2S/c1-4-19-12-20-22(31-19)5-8-30-24(20)6-7-28(16(3)13-24)14-17-10-18(11-17)25-23(29)21-9-15(2)26-27-21/h9,12,16-18H,4-8,10-11,13-14H2,1-3H3,(H,25,29)(H,26,27)/t16-,17?,18?,24+/m0/s1. The third kappa shape index (κ3) is 4.08. The Hall–Kier alpha value is -1.70. The van der Waals surface area contributed by atoms with Crippen LogP contribution in [-0.4, -0.2) is 52.8 Å². The van der Waals surface area contributed by atoms with Gasteiger partial charge in [-0.05, 0) is 69.6 Å². The lowest BCUT2D eigenvalue weighted by Crippen LogP contribution is -2.54. The highest BCUT2D eigenvalue weighted by Crippen LogP contribution is 2.46.